The van der Waals surface area contributed by atoms with Crippen LogP contribution >= 0.6 is 11.6 Å². The summed E-state index contributed by atoms with van der Waals surface area (Å²) in [6, 6.07) is 3.13. The lowest BCUT2D eigenvalue weighted by atomic mass is 10.2. The number of halogens is 6. The largest absolute Gasteiger partial charge is 0.455 e. The normalized spacial score (nSPS) is 12.5. The van der Waals surface area contributed by atoms with Gasteiger partial charge in [-0.1, -0.05) is 11.6 Å². The summed E-state index contributed by atoms with van der Waals surface area (Å²) in [5, 5.41) is 10.4. The van der Waals surface area contributed by atoms with E-state index >= 15 is 0 Å². The van der Waals surface area contributed by atoms with Crippen molar-refractivity contribution in [3.05, 3.63) is 38.9 Å². The smallest absolute Gasteiger partial charge is 0.370 e. The van der Waals surface area contributed by atoms with Gasteiger partial charge in [0, 0.05) is 22.7 Å². The minimum absolute atomic E-state index is 0.0362. The van der Waals surface area contributed by atoms with Gasteiger partial charge in [-0.05, 0) is 6.07 Å². The van der Waals surface area contributed by atoms with Gasteiger partial charge < -0.3 is 4.74 Å². The van der Waals surface area contributed by atoms with Crippen molar-refractivity contribution < 1.29 is 31.6 Å². The first-order valence-corrected chi connectivity index (χ1v) is 5.37. The fourth-order valence-electron chi connectivity index (χ4n) is 1.16. The SMILES string of the molecule is O=[N+]([O-])c1ccc(Cl)c(COCC(F)(F)C(F)(F)F)c1. The van der Waals surface area contributed by atoms with Crippen LogP contribution in [0.2, 0.25) is 5.02 Å². The van der Waals surface area contributed by atoms with Crippen molar-refractivity contribution in [2.24, 2.45) is 0 Å². The van der Waals surface area contributed by atoms with E-state index in [1.807, 2.05) is 0 Å². The van der Waals surface area contributed by atoms with E-state index in [1.165, 1.54) is 0 Å². The lowest BCUT2D eigenvalue weighted by Crippen LogP contribution is -2.40. The maximum atomic E-state index is 12.6. The van der Waals surface area contributed by atoms with Gasteiger partial charge in [-0.3, -0.25) is 10.1 Å². The van der Waals surface area contributed by atoms with Crippen LogP contribution in [0, 0.1) is 10.1 Å². The quantitative estimate of drug-likeness (QED) is 0.469. The van der Waals surface area contributed by atoms with Gasteiger partial charge in [-0.25, -0.2) is 0 Å². The molecule has 1 aromatic rings. The number of alkyl halides is 5. The molecule has 0 aliphatic carbocycles. The van der Waals surface area contributed by atoms with Crippen molar-refractivity contribution in [3.8, 4) is 0 Å². The van der Waals surface area contributed by atoms with Gasteiger partial charge in [-0.2, -0.15) is 22.0 Å². The molecule has 0 saturated carbocycles. The zero-order valence-corrected chi connectivity index (χ0v) is 10.3. The molecular formula is C10H7ClF5NO3. The van der Waals surface area contributed by atoms with Gasteiger partial charge in [0.25, 0.3) is 5.69 Å². The second kappa shape index (κ2) is 5.88. The highest BCUT2D eigenvalue weighted by Crippen LogP contribution is 2.35. The number of nitrogens with zero attached hydrogens (tertiary/aromatic N) is 1. The van der Waals surface area contributed by atoms with Gasteiger partial charge in [0.15, 0.2) is 0 Å². The first-order valence-electron chi connectivity index (χ1n) is 5.00. The maximum absolute atomic E-state index is 12.6. The predicted octanol–water partition coefficient (Wildman–Crippen LogP) is 3.96. The van der Waals surface area contributed by atoms with E-state index in [9.17, 15) is 32.1 Å². The van der Waals surface area contributed by atoms with Crippen molar-refractivity contribution >= 4 is 17.3 Å². The highest BCUT2D eigenvalue weighted by molar-refractivity contribution is 6.31. The molecule has 0 unspecified atom stereocenters. The van der Waals surface area contributed by atoms with Crippen LogP contribution in [0.3, 0.4) is 0 Å². The third-order valence-electron chi connectivity index (χ3n) is 2.20. The number of ether oxygens (including phenoxy) is 1. The van der Waals surface area contributed by atoms with Crippen LogP contribution < -0.4 is 0 Å². The highest BCUT2D eigenvalue weighted by Gasteiger charge is 2.57. The Bertz CT molecular complexity index is 506. The van der Waals surface area contributed by atoms with E-state index in [0.717, 1.165) is 18.2 Å². The zero-order valence-electron chi connectivity index (χ0n) is 9.59. The molecule has 1 rings (SSSR count). The fourth-order valence-corrected chi connectivity index (χ4v) is 1.33. The fraction of sp³-hybridized carbons (Fsp3) is 0.400. The minimum Gasteiger partial charge on any atom is -0.370 e. The van der Waals surface area contributed by atoms with Crippen LogP contribution in [0.1, 0.15) is 5.56 Å². The highest BCUT2D eigenvalue weighted by atomic mass is 35.5. The first kappa shape index (κ1) is 16.6. The average Bonchev–Trinajstić information content (AvgIpc) is 2.29. The predicted molar refractivity (Wildman–Crippen MR) is 58.8 cm³/mol. The number of nitro benzene ring substituents is 1. The van der Waals surface area contributed by atoms with Crippen molar-refractivity contribution in [2.45, 2.75) is 18.7 Å². The van der Waals surface area contributed by atoms with Crippen LogP contribution in [-0.4, -0.2) is 23.6 Å². The van der Waals surface area contributed by atoms with Crippen LogP contribution in [0.15, 0.2) is 18.2 Å². The Morgan fingerprint density at radius 1 is 1.25 bits per heavy atom. The van der Waals surface area contributed by atoms with Gasteiger partial charge in [0.2, 0.25) is 0 Å². The summed E-state index contributed by atoms with van der Waals surface area (Å²) in [7, 11) is 0. The molecule has 0 heterocycles. The molecule has 0 aromatic heterocycles. The molecule has 10 heteroatoms. The standard InChI is InChI=1S/C10H7ClF5NO3/c11-8-2-1-7(17(18)19)3-6(8)4-20-5-9(12,13)10(14,15)16/h1-3H,4-5H2. The van der Waals surface area contributed by atoms with Crippen molar-refractivity contribution in [3.63, 3.8) is 0 Å². The summed E-state index contributed by atoms with van der Waals surface area (Å²) < 4.78 is 64.9. The minimum atomic E-state index is -5.72. The number of nitro groups is 1. The number of hydrogen-bond acceptors (Lipinski definition) is 3. The van der Waals surface area contributed by atoms with Gasteiger partial charge in [0.05, 0.1) is 11.5 Å². The molecule has 4 nitrogen and oxygen atoms in total. The second-order valence-corrected chi connectivity index (χ2v) is 4.14. The first-order chi connectivity index (χ1) is 9.04. The topological polar surface area (TPSA) is 52.4 Å². The average molecular weight is 320 g/mol. The third kappa shape index (κ3) is 4.01. The maximum Gasteiger partial charge on any atom is 0.455 e. The Hall–Kier alpha value is -1.48. The summed E-state index contributed by atoms with van der Waals surface area (Å²) in [6.07, 6.45) is -5.72. The molecule has 0 spiro atoms. The van der Waals surface area contributed by atoms with E-state index < -0.39 is 30.2 Å². The molecule has 112 valence electrons. The Kier molecular flexibility index (Phi) is 4.87. The molecule has 0 saturated heterocycles. The summed E-state index contributed by atoms with van der Waals surface area (Å²) in [6.45, 7) is -2.60. The lowest BCUT2D eigenvalue weighted by Gasteiger charge is -2.19. The Labute approximate surface area is 114 Å². The van der Waals surface area contributed by atoms with Crippen molar-refractivity contribution in [1.82, 2.24) is 0 Å². The van der Waals surface area contributed by atoms with E-state index in [0.29, 0.717) is 0 Å². The summed E-state index contributed by atoms with van der Waals surface area (Å²) >= 11 is 5.63. The molecule has 1 aromatic carbocycles. The number of rotatable bonds is 5. The lowest BCUT2D eigenvalue weighted by molar-refractivity contribution is -0.385. The van der Waals surface area contributed by atoms with E-state index in [2.05, 4.69) is 4.74 Å². The number of hydrogen-bond donors (Lipinski definition) is 0. The Morgan fingerprint density at radius 3 is 2.35 bits per heavy atom. The molecule has 0 N–H and O–H groups in total. The molecule has 20 heavy (non-hydrogen) atoms. The second-order valence-electron chi connectivity index (χ2n) is 3.73. The van der Waals surface area contributed by atoms with Gasteiger partial charge >= 0.3 is 12.1 Å². The van der Waals surface area contributed by atoms with Crippen LogP contribution in [-0.2, 0) is 11.3 Å². The van der Waals surface area contributed by atoms with E-state index in [-0.39, 0.29) is 16.3 Å². The molecule has 0 amide bonds. The van der Waals surface area contributed by atoms with Gasteiger partial charge in [0.1, 0.15) is 6.61 Å². The number of benzene rings is 1. The summed E-state index contributed by atoms with van der Waals surface area (Å²) in [5.41, 5.74) is -0.436. The van der Waals surface area contributed by atoms with Crippen LogP contribution in [0.4, 0.5) is 27.6 Å². The molecular weight excluding hydrogens is 313 g/mol. The third-order valence-corrected chi connectivity index (χ3v) is 2.56. The zero-order chi connectivity index (χ0) is 15.6. The molecule has 0 radical (unpaired) electrons. The van der Waals surface area contributed by atoms with E-state index in [4.69, 9.17) is 11.6 Å². The Balaban J connectivity index is 2.71. The molecule has 0 bridgehead atoms. The van der Waals surface area contributed by atoms with Gasteiger partial charge in [-0.15, -0.1) is 0 Å². The van der Waals surface area contributed by atoms with Crippen LogP contribution in [0.5, 0.6) is 0 Å². The monoisotopic (exact) mass is 319 g/mol. The van der Waals surface area contributed by atoms with Crippen molar-refractivity contribution in [1.29, 1.82) is 0 Å². The Morgan fingerprint density at radius 2 is 1.85 bits per heavy atom. The molecule has 0 fully saturated rings. The molecule has 0 aliphatic heterocycles. The summed E-state index contributed by atoms with van der Waals surface area (Å²) in [5.74, 6) is -5.00. The number of non-ortho nitro benzene ring substituents is 1. The molecule has 0 atom stereocenters. The molecule has 0 aliphatic rings. The van der Waals surface area contributed by atoms with Crippen LogP contribution in [0.25, 0.3) is 0 Å². The summed E-state index contributed by atoms with van der Waals surface area (Å²) in [4.78, 5) is 9.72. The van der Waals surface area contributed by atoms with Crippen molar-refractivity contribution in [2.75, 3.05) is 6.61 Å². The van der Waals surface area contributed by atoms with E-state index in [1.54, 1.807) is 0 Å².